The van der Waals surface area contributed by atoms with Crippen LogP contribution < -0.4 is 20.1 Å². The van der Waals surface area contributed by atoms with Crippen molar-refractivity contribution in [2.75, 3.05) is 38.7 Å². The molecule has 1 fully saturated rings. The minimum atomic E-state index is -3.29. The highest BCUT2D eigenvalue weighted by Gasteiger charge is 2.30. The number of morpholine rings is 1. The van der Waals surface area contributed by atoms with E-state index in [4.69, 9.17) is 14.2 Å². The van der Waals surface area contributed by atoms with Crippen LogP contribution in [-0.2, 0) is 10.7 Å². The molecule has 0 aliphatic carbocycles. The summed E-state index contributed by atoms with van der Waals surface area (Å²) in [5, 5.41) is 7.04. The summed E-state index contributed by atoms with van der Waals surface area (Å²) in [6.07, 6.45) is -0.0945. The van der Waals surface area contributed by atoms with E-state index in [1.165, 1.54) is 12.1 Å². The van der Waals surface area contributed by atoms with Gasteiger partial charge in [0.15, 0.2) is 11.5 Å². The third-order valence-corrected chi connectivity index (χ3v) is 5.84. The Kier molecular flexibility index (Phi) is 7.32. The molecule has 1 aliphatic rings. The van der Waals surface area contributed by atoms with Gasteiger partial charge in [0.05, 0.1) is 30.8 Å². The topological polar surface area (TPSA) is 77.5 Å². The van der Waals surface area contributed by atoms with Crippen LogP contribution in [-0.4, -0.2) is 49.5 Å². The molecule has 35 heavy (non-hydrogen) atoms. The van der Waals surface area contributed by atoms with E-state index in [-0.39, 0.29) is 11.7 Å². The molecular formula is C25H29F3N4O3. The molecule has 2 N–H and O–H groups in total. The summed E-state index contributed by atoms with van der Waals surface area (Å²) in [6, 6.07) is 6.85. The number of aryl methyl sites for hydroxylation is 1. The van der Waals surface area contributed by atoms with E-state index in [9.17, 15) is 13.2 Å². The second-order valence-electron chi connectivity index (χ2n) is 8.61. The fourth-order valence-electron chi connectivity index (χ4n) is 4.05. The smallest absolute Gasteiger partial charge is 0.273 e. The molecule has 2 heterocycles. The summed E-state index contributed by atoms with van der Waals surface area (Å²) in [7, 11) is 1.54. The average Bonchev–Trinajstić information content (AvgIpc) is 2.82. The number of anilines is 1. The highest BCUT2D eigenvalue weighted by atomic mass is 19.3. The largest absolute Gasteiger partial charge is 0.493 e. The highest BCUT2D eigenvalue weighted by Crippen LogP contribution is 2.37. The number of nitrogens with zero attached hydrogens (tertiary/aromatic N) is 2. The van der Waals surface area contributed by atoms with E-state index in [0.717, 1.165) is 12.6 Å². The number of nitrogens with one attached hydrogen (secondary N) is 2. The second kappa shape index (κ2) is 10.2. The third-order valence-electron chi connectivity index (χ3n) is 5.84. The van der Waals surface area contributed by atoms with Crippen molar-refractivity contribution in [3.8, 4) is 11.5 Å². The molecule has 0 spiro atoms. The zero-order valence-corrected chi connectivity index (χ0v) is 20.1. The van der Waals surface area contributed by atoms with Crippen LogP contribution >= 0.6 is 0 Å². The van der Waals surface area contributed by atoms with E-state index in [1.807, 2.05) is 0 Å². The first-order valence-electron chi connectivity index (χ1n) is 11.4. The van der Waals surface area contributed by atoms with Gasteiger partial charge in [0.25, 0.3) is 5.92 Å². The van der Waals surface area contributed by atoms with E-state index in [2.05, 4.69) is 20.6 Å². The predicted molar refractivity (Wildman–Crippen MR) is 127 cm³/mol. The highest BCUT2D eigenvalue weighted by molar-refractivity contribution is 5.92. The van der Waals surface area contributed by atoms with Crippen LogP contribution in [0.5, 0.6) is 11.5 Å². The Morgan fingerprint density at radius 3 is 2.74 bits per heavy atom. The molecule has 0 bridgehead atoms. The molecule has 188 valence electrons. The normalized spacial score (nSPS) is 17.3. The van der Waals surface area contributed by atoms with Crippen molar-refractivity contribution in [2.45, 2.75) is 38.8 Å². The van der Waals surface area contributed by atoms with Gasteiger partial charge < -0.3 is 24.8 Å². The van der Waals surface area contributed by atoms with Gasteiger partial charge in [0.1, 0.15) is 30.2 Å². The van der Waals surface area contributed by atoms with E-state index < -0.39 is 23.3 Å². The fraction of sp³-hybridized carbons (Fsp3) is 0.440. The van der Waals surface area contributed by atoms with Crippen LogP contribution in [0.3, 0.4) is 0 Å². The third kappa shape index (κ3) is 5.59. The van der Waals surface area contributed by atoms with Crippen LogP contribution in [0.15, 0.2) is 30.3 Å². The first-order chi connectivity index (χ1) is 16.7. The van der Waals surface area contributed by atoms with Crippen LogP contribution in [0.4, 0.5) is 19.0 Å². The van der Waals surface area contributed by atoms with Crippen LogP contribution in [0, 0.1) is 12.7 Å². The maximum Gasteiger partial charge on any atom is 0.273 e. The average molecular weight is 491 g/mol. The number of benzene rings is 2. The Hall–Kier alpha value is -3.11. The maximum atomic E-state index is 14.9. The first kappa shape index (κ1) is 25.0. The van der Waals surface area contributed by atoms with Crippen molar-refractivity contribution in [1.29, 1.82) is 0 Å². The van der Waals surface area contributed by atoms with Crippen molar-refractivity contribution in [3.63, 3.8) is 0 Å². The quantitative estimate of drug-likeness (QED) is 0.472. The van der Waals surface area contributed by atoms with Crippen LogP contribution in [0.2, 0.25) is 0 Å². The number of hydrogen-bond donors (Lipinski definition) is 2. The van der Waals surface area contributed by atoms with Gasteiger partial charge in [-0.25, -0.2) is 23.1 Å². The van der Waals surface area contributed by atoms with Gasteiger partial charge in [-0.05, 0) is 19.9 Å². The molecule has 0 saturated carbocycles. The number of alkyl halides is 2. The molecule has 1 saturated heterocycles. The lowest BCUT2D eigenvalue weighted by Gasteiger charge is -2.24. The van der Waals surface area contributed by atoms with E-state index >= 15 is 0 Å². The zero-order chi connectivity index (χ0) is 25.2. The molecular weight excluding hydrogens is 461 g/mol. The van der Waals surface area contributed by atoms with Crippen molar-refractivity contribution < 1.29 is 27.4 Å². The van der Waals surface area contributed by atoms with Crippen molar-refractivity contribution in [3.05, 3.63) is 53.1 Å². The van der Waals surface area contributed by atoms with Crippen LogP contribution in [0.25, 0.3) is 10.9 Å². The molecule has 1 aromatic heterocycles. The molecule has 3 aromatic rings. The first-order valence-corrected chi connectivity index (χ1v) is 11.4. The number of hydrogen-bond acceptors (Lipinski definition) is 7. The van der Waals surface area contributed by atoms with Crippen molar-refractivity contribution >= 4 is 16.7 Å². The lowest BCUT2D eigenvalue weighted by molar-refractivity contribution is -0.000234. The summed E-state index contributed by atoms with van der Waals surface area (Å²) in [4.78, 5) is 8.98. The molecule has 7 nitrogen and oxygen atoms in total. The molecule has 1 aliphatic heterocycles. The van der Waals surface area contributed by atoms with Gasteiger partial charge >= 0.3 is 0 Å². The molecule has 4 rings (SSSR count). The molecule has 2 atom stereocenters. The number of rotatable bonds is 8. The second-order valence-corrected chi connectivity index (χ2v) is 8.61. The lowest BCUT2D eigenvalue weighted by atomic mass is 10.0. The summed E-state index contributed by atoms with van der Waals surface area (Å²) in [6.45, 7) is 6.53. The SMILES string of the molecule is COc1cc2nc(C)nc(N[C@H](C)c3cccc(C(C)(F)F)c3F)c2cc1OC[C@@H]1CNCCO1. The summed E-state index contributed by atoms with van der Waals surface area (Å²) in [5.74, 6) is -2.34. The van der Waals surface area contributed by atoms with Gasteiger partial charge in [-0.2, -0.15) is 0 Å². The van der Waals surface area contributed by atoms with Crippen molar-refractivity contribution in [2.24, 2.45) is 0 Å². The molecule has 0 amide bonds. The Morgan fingerprint density at radius 1 is 1.26 bits per heavy atom. The lowest BCUT2D eigenvalue weighted by Crippen LogP contribution is -2.41. The Balaban J connectivity index is 1.66. The summed E-state index contributed by atoms with van der Waals surface area (Å²) < 4.78 is 59.8. The zero-order valence-electron chi connectivity index (χ0n) is 20.1. The number of aromatic nitrogens is 2. The van der Waals surface area contributed by atoms with Gasteiger partial charge in [0, 0.05) is 37.0 Å². The minimum absolute atomic E-state index is 0.0945. The number of methoxy groups -OCH3 is 1. The van der Waals surface area contributed by atoms with Crippen LogP contribution in [0.1, 0.15) is 36.8 Å². The summed E-state index contributed by atoms with van der Waals surface area (Å²) in [5.41, 5.74) is 0.0638. The van der Waals surface area contributed by atoms with Gasteiger partial charge in [0.2, 0.25) is 0 Å². The Labute approximate surface area is 202 Å². The van der Waals surface area contributed by atoms with E-state index in [1.54, 1.807) is 33.1 Å². The molecule has 0 unspecified atom stereocenters. The predicted octanol–water partition coefficient (Wildman–Crippen LogP) is 4.74. The Bertz CT molecular complexity index is 1200. The summed E-state index contributed by atoms with van der Waals surface area (Å²) >= 11 is 0. The monoisotopic (exact) mass is 490 g/mol. The van der Waals surface area contributed by atoms with Crippen molar-refractivity contribution in [1.82, 2.24) is 15.3 Å². The fourth-order valence-corrected chi connectivity index (χ4v) is 4.05. The molecule has 10 heteroatoms. The number of ether oxygens (including phenoxy) is 3. The van der Waals surface area contributed by atoms with Gasteiger partial charge in [-0.3, -0.25) is 0 Å². The minimum Gasteiger partial charge on any atom is -0.493 e. The standard InChI is InChI=1S/C25H29F3N4O3/c1-14(17-6-5-7-19(23(17)26)25(3,27)28)30-24-18-10-22(35-13-16-12-29-8-9-34-16)21(33-4)11-20(18)31-15(2)32-24/h5-7,10-11,14,16,29H,8-9,12-13H2,1-4H3,(H,30,31,32)/t14-,16+/m1/s1. The molecule has 0 radical (unpaired) electrons. The molecule has 2 aromatic carbocycles. The maximum absolute atomic E-state index is 14.9. The Morgan fingerprint density at radius 2 is 2.06 bits per heavy atom. The van der Waals surface area contributed by atoms with E-state index in [0.29, 0.717) is 60.7 Å². The van der Waals surface area contributed by atoms with Gasteiger partial charge in [-0.15, -0.1) is 0 Å². The number of halogens is 3. The number of fused-ring (bicyclic) bond motifs is 1. The van der Waals surface area contributed by atoms with Gasteiger partial charge in [-0.1, -0.05) is 18.2 Å².